The van der Waals surface area contributed by atoms with Gasteiger partial charge in [0.15, 0.2) is 6.10 Å². The SMILES string of the molecule is CC1CCN(C(=O)[C@@H](C)OC(=O)c2cc(C3CC3)nc3ccccc23)CC1. The van der Waals surface area contributed by atoms with Crippen molar-refractivity contribution in [3.63, 3.8) is 0 Å². The van der Waals surface area contributed by atoms with E-state index in [0.29, 0.717) is 17.4 Å². The van der Waals surface area contributed by atoms with Crippen molar-refractivity contribution in [2.75, 3.05) is 13.1 Å². The van der Waals surface area contributed by atoms with Gasteiger partial charge in [-0.2, -0.15) is 0 Å². The molecule has 4 rings (SSSR count). The Balaban J connectivity index is 1.53. The maximum atomic E-state index is 12.9. The van der Waals surface area contributed by atoms with Crippen LogP contribution in [0.4, 0.5) is 0 Å². The van der Waals surface area contributed by atoms with Crippen LogP contribution in [0, 0.1) is 5.92 Å². The Kier molecular flexibility index (Phi) is 4.85. The van der Waals surface area contributed by atoms with Crippen molar-refractivity contribution in [1.82, 2.24) is 9.88 Å². The van der Waals surface area contributed by atoms with Gasteiger partial charge in [0.1, 0.15) is 0 Å². The summed E-state index contributed by atoms with van der Waals surface area (Å²) in [7, 11) is 0. The summed E-state index contributed by atoms with van der Waals surface area (Å²) in [5, 5.41) is 0.776. The van der Waals surface area contributed by atoms with Crippen LogP contribution in [0.1, 0.15) is 61.5 Å². The van der Waals surface area contributed by atoms with Gasteiger partial charge < -0.3 is 9.64 Å². The molecule has 0 unspecified atom stereocenters. The average molecular weight is 366 g/mol. The molecule has 1 saturated carbocycles. The van der Waals surface area contributed by atoms with E-state index in [-0.39, 0.29) is 5.91 Å². The number of piperidine rings is 1. The molecule has 0 bridgehead atoms. The maximum Gasteiger partial charge on any atom is 0.339 e. The van der Waals surface area contributed by atoms with Crippen LogP contribution in [0.15, 0.2) is 30.3 Å². The smallest absolute Gasteiger partial charge is 0.339 e. The van der Waals surface area contributed by atoms with Crippen LogP contribution in [0.3, 0.4) is 0 Å². The number of aromatic nitrogens is 1. The average Bonchev–Trinajstić information content (AvgIpc) is 3.52. The molecule has 2 aromatic rings. The molecule has 1 aromatic heterocycles. The van der Waals surface area contributed by atoms with E-state index in [4.69, 9.17) is 9.72 Å². The number of rotatable bonds is 4. The summed E-state index contributed by atoms with van der Waals surface area (Å²) in [5.41, 5.74) is 2.26. The van der Waals surface area contributed by atoms with Gasteiger partial charge in [-0.1, -0.05) is 25.1 Å². The summed E-state index contributed by atoms with van der Waals surface area (Å²) in [6.07, 6.45) is 3.46. The molecule has 1 atom stereocenters. The van der Waals surface area contributed by atoms with Crippen LogP contribution >= 0.6 is 0 Å². The van der Waals surface area contributed by atoms with Gasteiger partial charge in [0.2, 0.25) is 0 Å². The highest BCUT2D eigenvalue weighted by molar-refractivity contribution is 6.04. The van der Waals surface area contributed by atoms with Crippen LogP contribution in [-0.4, -0.2) is 41.0 Å². The number of carbonyl (C=O) groups is 2. The minimum Gasteiger partial charge on any atom is -0.449 e. The van der Waals surface area contributed by atoms with Crippen molar-refractivity contribution in [3.8, 4) is 0 Å². The molecule has 0 N–H and O–H groups in total. The third-order valence-corrected chi connectivity index (χ3v) is 5.68. The Hall–Kier alpha value is -2.43. The number of nitrogens with zero attached hydrogens (tertiary/aromatic N) is 2. The molecule has 1 amide bonds. The standard InChI is InChI=1S/C22H26N2O3/c1-14-9-11-24(12-10-14)21(25)15(2)27-22(26)18-13-20(16-7-8-16)23-19-6-4-3-5-17(18)19/h3-6,13-16H,7-12H2,1-2H3/t15-/m1/s1. The van der Waals surface area contributed by atoms with E-state index in [0.717, 1.165) is 55.4 Å². The Morgan fingerprint density at radius 1 is 1.15 bits per heavy atom. The Morgan fingerprint density at radius 3 is 2.56 bits per heavy atom. The monoisotopic (exact) mass is 366 g/mol. The normalized spacial score (nSPS) is 19.1. The van der Waals surface area contributed by atoms with E-state index in [9.17, 15) is 9.59 Å². The molecule has 5 heteroatoms. The van der Waals surface area contributed by atoms with Crippen molar-refractivity contribution in [3.05, 3.63) is 41.6 Å². The minimum atomic E-state index is -0.776. The summed E-state index contributed by atoms with van der Waals surface area (Å²) < 4.78 is 5.58. The second-order valence-electron chi connectivity index (χ2n) is 7.94. The predicted molar refractivity (Wildman–Crippen MR) is 104 cm³/mol. The van der Waals surface area contributed by atoms with E-state index in [1.807, 2.05) is 35.2 Å². The van der Waals surface area contributed by atoms with Gasteiger partial charge in [0, 0.05) is 30.1 Å². The number of carbonyl (C=O) groups excluding carboxylic acids is 2. The van der Waals surface area contributed by atoms with Gasteiger partial charge in [-0.05, 0) is 50.7 Å². The third-order valence-electron chi connectivity index (χ3n) is 5.68. The summed E-state index contributed by atoms with van der Waals surface area (Å²) in [6, 6.07) is 9.46. The largest absolute Gasteiger partial charge is 0.449 e. The first-order valence-electron chi connectivity index (χ1n) is 9.92. The first-order valence-corrected chi connectivity index (χ1v) is 9.92. The second kappa shape index (κ2) is 7.29. The lowest BCUT2D eigenvalue weighted by Gasteiger charge is -2.31. The zero-order valence-corrected chi connectivity index (χ0v) is 16.0. The number of likely N-dealkylation sites (tertiary alicyclic amines) is 1. The highest BCUT2D eigenvalue weighted by Gasteiger charge is 2.30. The first kappa shape index (κ1) is 18.0. The molecule has 1 aromatic carbocycles. The molecule has 1 aliphatic carbocycles. The third kappa shape index (κ3) is 3.82. The molecule has 2 heterocycles. The van der Waals surface area contributed by atoms with Crippen LogP contribution < -0.4 is 0 Å². The Morgan fingerprint density at radius 2 is 1.85 bits per heavy atom. The Labute approximate surface area is 159 Å². The zero-order chi connectivity index (χ0) is 19.0. The number of benzene rings is 1. The molecule has 1 aliphatic heterocycles. The molecular formula is C22H26N2O3. The molecule has 0 radical (unpaired) electrons. The molecular weight excluding hydrogens is 340 g/mol. The van der Waals surface area contributed by atoms with Gasteiger partial charge in [-0.15, -0.1) is 0 Å². The summed E-state index contributed by atoms with van der Waals surface area (Å²) in [6.45, 7) is 5.36. The van der Waals surface area contributed by atoms with Crippen LogP contribution in [-0.2, 0) is 9.53 Å². The number of hydrogen-bond donors (Lipinski definition) is 0. The van der Waals surface area contributed by atoms with E-state index in [1.165, 1.54) is 0 Å². The van der Waals surface area contributed by atoms with Gasteiger partial charge >= 0.3 is 5.97 Å². The van der Waals surface area contributed by atoms with Gasteiger partial charge in [0.05, 0.1) is 11.1 Å². The lowest BCUT2D eigenvalue weighted by Crippen LogP contribution is -2.44. The lowest BCUT2D eigenvalue weighted by molar-refractivity contribution is -0.141. The minimum absolute atomic E-state index is 0.101. The number of fused-ring (bicyclic) bond motifs is 1. The molecule has 2 fully saturated rings. The second-order valence-corrected chi connectivity index (χ2v) is 7.94. The first-order chi connectivity index (χ1) is 13.0. The van der Waals surface area contributed by atoms with E-state index < -0.39 is 12.1 Å². The van der Waals surface area contributed by atoms with Crippen LogP contribution in [0.5, 0.6) is 0 Å². The molecule has 1 saturated heterocycles. The molecule has 27 heavy (non-hydrogen) atoms. The summed E-state index contributed by atoms with van der Waals surface area (Å²) in [4.78, 5) is 32.0. The number of hydrogen-bond acceptors (Lipinski definition) is 4. The number of para-hydroxylation sites is 1. The molecule has 142 valence electrons. The maximum absolute atomic E-state index is 12.9. The topological polar surface area (TPSA) is 59.5 Å². The molecule has 0 spiro atoms. The van der Waals surface area contributed by atoms with Crippen LogP contribution in [0.2, 0.25) is 0 Å². The van der Waals surface area contributed by atoms with Crippen molar-refractivity contribution in [2.45, 2.75) is 51.6 Å². The highest BCUT2D eigenvalue weighted by atomic mass is 16.5. The zero-order valence-electron chi connectivity index (χ0n) is 16.0. The van der Waals surface area contributed by atoms with Crippen molar-refractivity contribution in [1.29, 1.82) is 0 Å². The fourth-order valence-electron chi connectivity index (χ4n) is 3.71. The van der Waals surface area contributed by atoms with E-state index in [1.54, 1.807) is 6.92 Å². The Bertz CT molecular complexity index is 867. The van der Waals surface area contributed by atoms with Crippen LogP contribution in [0.25, 0.3) is 10.9 Å². The predicted octanol–water partition coefficient (Wildman–Crippen LogP) is 3.92. The van der Waals surface area contributed by atoms with E-state index >= 15 is 0 Å². The van der Waals surface area contributed by atoms with Crippen molar-refractivity contribution >= 4 is 22.8 Å². The summed E-state index contributed by atoms with van der Waals surface area (Å²) in [5.74, 6) is 0.546. The number of esters is 1. The number of ether oxygens (including phenoxy) is 1. The molecule has 2 aliphatic rings. The van der Waals surface area contributed by atoms with Crippen molar-refractivity contribution in [2.24, 2.45) is 5.92 Å². The van der Waals surface area contributed by atoms with Gasteiger partial charge in [-0.3, -0.25) is 9.78 Å². The number of pyridine rings is 1. The number of amides is 1. The van der Waals surface area contributed by atoms with Gasteiger partial charge in [0.25, 0.3) is 5.91 Å². The fraction of sp³-hybridized carbons (Fsp3) is 0.500. The van der Waals surface area contributed by atoms with Gasteiger partial charge in [-0.25, -0.2) is 4.79 Å². The highest BCUT2D eigenvalue weighted by Crippen LogP contribution is 2.40. The molecule has 5 nitrogen and oxygen atoms in total. The summed E-state index contributed by atoms with van der Waals surface area (Å²) >= 11 is 0. The van der Waals surface area contributed by atoms with Crippen molar-refractivity contribution < 1.29 is 14.3 Å². The lowest BCUT2D eigenvalue weighted by atomic mass is 9.99. The van der Waals surface area contributed by atoms with E-state index in [2.05, 4.69) is 6.92 Å². The fourth-order valence-corrected chi connectivity index (χ4v) is 3.71. The quantitative estimate of drug-likeness (QED) is 0.770.